The number of likely N-dealkylation sites (tertiary alicyclic amines) is 1. The highest BCUT2D eigenvalue weighted by atomic mass is 16.1. The second kappa shape index (κ2) is 8.52. The smallest absolute Gasteiger partial charge is 0.236 e. The maximum atomic E-state index is 11.4. The van der Waals surface area contributed by atoms with Crippen molar-refractivity contribution in [2.45, 2.75) is 44.9 Å². The van der Waals surface area contributed by atoms with Gasteiger partial charge < -0.3 is 11.1 Å². The quantitative estimate of drug-likeness (QED) is 0.716. The molecule has 1 spiro atoms. The van der Waals surface area contributed by atoms with Crippen LogP contribution in [0.3, 0.4) is 0 Å². The zero-order valence-electron chi connectivity index (χ0n) is 17.8. The maximum Gasteiger partial charge on any atom is 0.236 e. The van der Waals surface area contributed by atoms with Crippen molar-refractivity contribution in [1.29, 1.82) is 0 Å². The van der Waals surface area contributed by atoms with E-state index in [2.05, 4.69) is 35.1 Å². The third-order valence-corrected chi connectivity index (χ3v) is 6.13. The molecule has 7 heteroatoms. The van der Waals surface area contributed by atoms with Crippen LogP contribution in [0.4, 0.5) is 5.82 Å². The predicted molar refractivity (Wildman–Crippen MR) is 118 cm³/mol. The molecule has 1 aliphatic carbocycles. The molecule has 0 radical (unpaired) electrons. The topological polar surface area (TPSA) is 97.0 Å². The number of primary amides is 1. The summed E-state index contributed by atoms with van der Waals surface area (Å²) in [5.41, 5.74) is 9.90. The van der Waals surface area contributed by atoms with Crippen molar-refractivity contribution < 1.29 is 4.79 Å². The average molecular weight is 407 g/mol. The summed E-state index contributed by atoms with van der Waals surface area (Å²) in [6.45, 7) is 7.46. The van der Waals surface area contributed by atoms with Crippen LogP contribution in [0.25, 0.3) is 11.4 Å². The van der Waals surface area contributed by atoms with E-state index in [0.29, 0.717) is 5.82 Å². The van der Waals surface area contributed by atoms with Gasteiger partial charge in [-0.25, -0.2) is 9.97 Å². The third kappa shape index (κ3) is 4.21. The van der Waals surface area contributed by atoms with Crippen molar-refractivity contribution in [3.05, 3.63) is 47.4 Å². The Kier molecular flexibility index (Phi) is 5.81. The third-order valence-electron chi connectivity index (χ3n) is 6.13. The minimum Gasteiger partial charge on any atom is -0.368 e. The van der Waals surface area contributed by atoms with E-state index >= 15 is 0 Å². The fraction of sp³-hybridized carbons (Fsp3) is 0.478. The summed E-state index contributed by atoms with van der Waals surface area (Å²) in [5.74, 6) is 0.982. The van der Waals surface area contributed by atoms with Crippen molar-refractivity contribution in [3.63, 3.8) is 0 Å². The molecule has 0 aromatic carbocycles. The normalized spacial score (nSPS) is 20.7. The maximum absolute atomic E-state index is 11.4. The van der Waals surface area contributed by atoms with Crippen molar-refractivity contribution >= 4 is 11.7 Å². The van der Waals surface area contributed by atoms with Crippen LogP contribution in [0.1, 0.15) is 44.4 Å². The molecular formula is C23H30N6O. The van der Waals surface area contributed by atoms with Crippen LogP contribution in [-0.2, 0) is 16.6 Å². The van der Waals surface area contributed by atoms with E-state index < -0.39 is 5.91 Å². The van der Waals surface area contributed by atoms with Gasteiger partial charge in [0, 0.05) is 42.0 Å². The molecule has 2 aromatic heterocycles. The van der Waals surface area contributed by atoms with E-state index in [-0.39, 0.29) is 12.0 Å². The van der Waals surface area contributed by atoms with E-state index in [1.807, 2.05) is 12.1 Å². The number of hydrogen-bond acceptors (Lipinski definition) is 6. The number of pyridine rings is 1. The molecule has 1 fully saturated rings. The largest absolute Gasteiger partial charge is 0.368 e. The molecular weight excluding hydrogens is 376 g/mol. The number of aromatic nitrogens is 3. The molecule has 1 amide bonds. The van der Waals surface area contributed by atoms with E-state index in [1.165, 1.54) is 5.57 Å². The van der Waals surface area contributed by atoms with E-state index in [4.69, 9.17) is 15.7 Å². The first-order valence-electron chi connectivity index (χ1n) is 10.7. The second-order valence-electron chi connectivity index (χ2n) is 8.69. The highest BCUT2D eigenvalue weighted by molar-refractivity contribution is 5.79. The van der Waals surface area contributed by atoms with Crippen LogP contribution in [0.2, 0.25) is 0 Å². The van der Waals surface area contributed by atoms with Crippen LogP contribution >= 0.6 is 0 Å². The van der Waals surface area contributed by atoms with Gasteiger partial charge in [0.25, 0.3) is 0 Å². The number of allylic oxidation sites excluding steroid dienone is 1. The minimum atomic E-state index is -0.399. The van der Waals surface area contributed by atoms with Gasteiger partial charge in [-0.15, -0.1) is 0 Å². The molecule has 0 saturated carbocycles. The standard InChI is InChI=1S/C23H30N6O/c1-16(2)7-12-29-11-4-8-23(15-29)9-6-18-20(23)27-21(17-5-3-10-25-13-17)28-22(18)26-14-19(24)30/h3,5,7,10,13H,4,6,8-9,11-12,14-15H2,1-2H3,(H2,24,30)(H,26,27,28). The van der Waals surface area contributed by atoms with Crippen molar-refractivity contribution in [3.8, 4) is 11.4 Å². The van der Waals surface area contributed by atoms with Gasteiger partial charge in [-0.2, -0.15) is 0 Å². The summed E-state index contributed by atoms with van der Waals surface area (Å²) in [6, 6.07) is 3.86. The van der Waals surface area contributed by atoms with Crippen LogP contribution < -0.4 is 11.1 Å². The minimum absolute atomic E-state index is 0.0339. The van der Waals surface area contributed by atoms with Gasteiger partial charge in [0.2, 0.25) is 5.91 Å². The molecule has 1 aliphatic heterocycles. The first-order valence-corrected chi connectivity index (χ1v) is 10.7. The van der Waals surface area contributed by atoms with Crippen molar-refractivity contribution in [2.75, 3.05) is 31.5 Å². The zero-order valence-corrected chi connectivity index (χ0v) is 17.8. The first-order chi connectivity index (χ1) is 14.5. The zero-order chi connectivity index (χ0) is 21.1. The Balaban J connectivity index is 1.73. The molecule has 2 aromatic rings. The van der Waals surface area contributed by atoms with E-state index in [0.717, 1.165) is 68.0 Å². The summed E-state index contributed by atoms with van der Waals surface area (Å²) in [5, 5.41) is 3.16. The average Bonchev–Trinajstić information content (AvgIpc) is 3.09. The Morgan fingerprint density at radius 1 is 1.33 bits per heavy atom. The lowest BCUT2D eigenvalue weighted by Crippen LogP contribution is -2.45. The molecule has 1 unspecified atom stereocenters. The number of carbonyl (C=O) groups excluding carboxylic acids is 1. The van der Waals surface area contributed by atoms with Crippen LogP contribution in [0, 0.1) is 0 Å². The second-order valence-corrected chi connectivity index (χ2v) is 8.69. The van der Waals surface area contributed by atoms with E-state index in [1.54, 1.807) is 12.4 Å². The van der Waals surface area contributed by atoms with Crippen LogP contribution in [0.15, 0.2) is 36.2 Å². The summed E-state index contributed by atoms with van der Waals surface area (Å²) in [4.78, 5) is 28.0. The monoisotopic (exact) mass is 406 g/mol. The summed E-state index contributed by atoms with van der Waals surface area (Å²) in [6.07, 6.45) is 10.1. The number of fused-ring (bicyclic) bond motifs is 2. The van der Waals surface area contributed by atoms with Gasteiger partial charge in [0.1, 0.15) is 5.82 Å². The lowest BCUT2D eigenvalue weighted by Gasteiger charge is -2.40. The number of rotatable bonds is 6. The number of nitrogens with two attached hydrogens (primary N) is 1. The predicted octanol–water partition coefficient (Wildman–Crippen LogP) is 2.68. The number of anilines is 1. The van der Waals surface area contributed by atoms with Gasteiger partial charge in [0.15, 0.2) is 5.82 Å². The van der Waals surface area contributed by atoms with Gasteiger partial charge >= 0.3 is 0 Å². The van der Waals surface area contributed by atoms with Crippen molar-refractivity contribution in [1.82, 2.24) is 19.9 Å². The Hall–Kier alpha value is -2.80. The molecule has 1 saturated heterocycles. The fourth-order valence-corrected chi connectivity index (χ4v) is 4.68. The lowest BCUT2D eigenvalue weighted by atomic mass is 9.77. The van der Waals surface area contributed by atoms with Crippen LogP contribution in [-0.4, -0.2) is 51.9 Å². The molecule has 1 atom stereocenters. The number of nitrogens with zero attached hydrogens (tertiary/aromatic N) is 4. The molecule has 0 bridgehead atoms. The molecule has 2 aliphatic rings. The van der Waals surface area contributed by atoms with Gasteiger partial charge in [-0.3, -0.25) is 14.7 Å². The molecule has 3 N–H and O–H groups in total. The lowest BCUT2D eigenvalue weighted by molar-refractivity contribution is -0.116. The molecule has 158 valence electrons. The van der Waals surface area contributed by atoms with Gasteiger partial charge in [-0.05, 0) is 58.2 Å². The number of hydrogen-bond donors (Lipinski definition) is 2. The first kappa shape index (κ1) is 20.5. The Labute approximate surface area is 177 Å². The Bertz CT molecular complexity index is 954. The number of piperidine rings is 1. The number of carbonyl (C=O) groups is 1. The highest BCUT2D eigenvalue weighted by Gasteiger charge is 2.44. The van der Waals surface area contributed by atoms with Gasteiger partial charge in [0.05, 0.1) is 12.2 Å². The van der Waals surface area contributed by atoms with Crippen LogP contribution in [0.5, 0.6) is 0 Å². The summed E-state index contributed by atoms with van der Waals surface area (Å²) < 4.78 is 0. The summed E-state index contributed by atoms with van der Waals surface area (Å²) >= 11 is 0. The Morgan fingerprint density at radius 3 is 2.93 bits per heavy atom. The Morgan fingerprint density at radius 2 is 2.20 bits per heavy atom. The fourth-order valence-electron chi connectivity index (χ4n) is 4.68. The molecule has 4 rings (SSSR count). The van der Waals surface area contributed by atoms with Crippen molar-refractivity contribution in [2.24, 2.45) is 5.73 Å². The number of nitrogens with one attached hydrogen (secondary N) is 1. The SMILES string of the molecule is CC(C)=CCN1CCCC2(CCc3c(NCC(N)=O)nc(-c4cccnc4)nc32)C1. The summed E-state index contributed by atoms with van der Waals surface area (Å²) in [7, 11) is 0. The van der Waals surface area contributed by atoms with Gasteiger partial charge in [-0.1, -0.05) is 11.6 Å². The molecule has 3 heterocycles. The van der Waals surface area contributed by atoms with E-state index in [9.17, 15) is 4.79 Å². The molecule has 7 nitrogen and oxygen atoms in total. The number of amides is 1. The molecule has 30 heavy (non-hydrogen) atoms. The highest BCUT2D eigenvalue weighted by Crippen LogP contribution is 2.46.